The van der Waals surface area contributed by atoms with E-state index in [9.17, 15) is 0 Å². The highest BCUT2D eigenvalue weighted by atomic mass is 35.5. The lowest BCUT2D eigenvalue weighted by atomic mass is 10.1. The van der Waals surface area contributed by atoms with Crippen molar-refractivity contribution in [3.63, 3.8) is 0 Å². The Morgan fingerprint density at radius 1 is 1.29 bits per heavy atom. The van der Waals surface area contributed by atoms with Gasteiger partial charge >= 0.3 is 0 Å². The molecule has 14 heavy (non-hydrogen) atoms. The van der Waals surface area contributed by atoms with Gasteiger partial charge < -0.3 is 0 Å². The van der Waals surface area contributed by atoms with E-state index in [0.717, 1.165) is 27.9 Å². The van der Waals surface area contributed by atoms with E-state index < -0.39 is 0 Å². The number of halogens is 2. The highest BCUT2D eigenvalue weighted by Crippen LogP contribution is 2.26. The first-order valence-corrected chi connectivity index (χ1v) is 5.21. The SMILES string of the molecule is CCc1cc2c(Cl)cccc2nc1Cl. The molecule has 1 aromatic heterocycles. The van der Waals surface area contributed by atoms with Crippen molar-refractivity contribution >= 4 is 34.1 Å². The summed E-state index contributed by atoms with van der Waals surface area (Å²) in [5.74, 6) is 0. The molecular formula is C11H9Cl2N. The van der Waals surface area contributed by atoms with Crippen molar-refractivity contribution in [3.8, 4) is 0 Å². The van der Waals surface area contributed by atoms with Crippen LogP contribution in [0.25, 0.3) is 10.9 Å². The van der Waals surface area contributed by atoms with Crippen molar-refractivity contribution in [1.29, 1.82) is 0 Å². The second kappa shape index (κ2) is 3.76. The molecule has 3 heteroatoms. The normalized spacial score (nSPS) is 10.8. The third kappa shape index (κ3) is 1.58. The maximum atomic E-state index is 6.06. The van der Waals surface area contributed by atoms with Crippen LogP contribution in [0.1, 0.15) is 12.5 Å². The Morgan fingerprint density at radius 3 is 2.79 bits per heavy atom. The molecule has 72 valence electrons. The number of hydrogen-bond donors (Lipinski definition) is 0. The van der Waals surface area contributed by atoms with Gasteiger partial charge in [0.15, 0.2) is 0 Å². The van der Waals surface area contributed by atoms with Crippen LogP contribution in [0.3, 0.4) is 0 Å². The Kier molecular flexibility index (Phi) is 2.62. The summed E-state index contributed by atoms with van der Waals surface area (Å²) in [7, 11) is 0. The second-order valence-electron chi connectivity index (χ2n) is 3.10. The van der Waals surface area contributed by atoms with E-state index in [1.54, 1.807) is 0 Å². The molecule has 0 fully saturated rings. The van der Waals surface area contributed by atoms with Crippen LogP contribution < -0.4 is 0 Å². The van der Waals surface area contributed by atoms with Gasteiger partial charge in [0.05, 0.1) is 5.52 Å². The number of pyridine rings is 1. The second-order valence-corrected chi connectivity index (χ2v) is 3.86. The minimum Gasteiger partial charge on any atom is -0.236 e. The fraction of sp³-hybridized carbons (Fsp3) is 0.182. The maximum absolute atomic E-state index is 6.06. The molecule has 0 atom stereocenters. The van der Waals surface area contributed by atoms with Crippen LogP contribution in [-0.2, 0) is 6.42 Å². The van der Waals surface area contributed by atoms with Crippen molar-refractivity contribution in [2.75, 3.05) is 0 Å². The van der Waals surface area contributed by atoms with Gasteiger partial charge in [-0.2, -0.15) is 0 Å². The third-order valence-corrected chi connectivity index (χ3v) is 2.87. The van der Waals surface area contributed by atoms with Crippen LogP contribution in [0.15, 0.2) is 24.3 Å². The van der Waals surface area contributed by atoms with Gasteiger partial charge in [0.1, 0.15) is 5.15 Å². The Morgan fingerprint density at radius 2 is 2.07 bits per heavy atom. The zero-order chi connectivity index (χ0) is 10.1. The summed E-state index contributed by atoms with van der Waals surface area (Å²) in [6.45, 7) is 2.05. The van der Waals surface area contributed by atoms with Gasteiger partial charge in [-0.15, -0.1) is 0 Å². The minimum absolute atomic E-state index is 0.572. The van der Waals surface area contributed by atoms with Crippen LogP contribution in [0.5, 0.6) is 0 Å². The van der Waals surface area contributed by atoms with Crippen LogP contribution in [0, 0.1) is 0 Å². The molecule has 2 aromatic rings. The van der Waals surface area contributed by atoms with E-state index in [1.807, 2.05) is 31.2 Å². The minimum atomic E-state index is 0.572. The molecule has 0 amide bonds. The number of aryl methyl sites for hydroxylation is 1. The molecule has 2 rings (SSSR count). The number of nitrogens with zero attached hydrogens (tertiary/aromatic N) is 1. The van der Waals surface area contributed by atoms with E-state index >= 15 is 0 Å². The summed E-state index contributed by atoms with van der Waals surface area (Å²) in [5.41, 5.74) is 1.88. The number of hydrogen-bond acceptors (Lipinski definition) is 1. The molecule has 0 bridgehead atoms. The average Bonchev–Trinajstić information content (AvgIpc) is 2.17. The van der Waals surface area contributed by atoms with Gasteiger partial charge in [-0.1, -0.05) is 36.2 Å². The molecule has 1 heterocycles. The Balaban J connectivity index is 2.80. The lowest BCUT2D eigenvalue weighted by Crippen LogP contribution is -1.88. The fourth-order valence-corrected chi connectivity index (χ4v) is 1.93. The van der Waals surface area contributed by atoms with Crippen LogP contribution >= 0.6 is 23.2 Å². The summed E-state index contributed by atoms with van der Waals surface area (Å²) >= 11 is 12.1. The van der Waals surface area contributed by atoms with Crippen LogP contribution in [0.4, 0.5) is 0 Å². The van der Waals surface area contributed by atoms with Gasteiger partial charge in [0.25, 0.3) is 0 Å². The zero-order valence-corrected chi connectivity index (χ0v) is 9.23. The summed E-state index contributed by atoms with van der Waals surface area (Å²) in [5, 5.41) is 2.26. The molecule has 0 saturated carbocycles. The molecular weight excluding hydrogens is 217 g/mol. The van der Waals surface area contributed by atoms with Crippen LogP contribution in [-0.4, -0.2) is 4.98 Å². The molecule has 0 aliphatic rings. The molecule has 0 aliphatic carbocycles. The van der Waals surface area contributed by atoms with Gasteiger partial charge in [-0.25, -0.2) is 4.98 Å². The lowest BCUT2D eigenvalue weighted by molar-refractivity contribution is 1.12. The smallest absolute Gasteiger partial charge is 0.132 e. The summed E-state index contributed by atoms with van der Waals surface area (Å²) in [6, 6.07) is 7.65. The summed E-state index contributed by atoms with van der Waals surface area (Å²) in [4.78, 5) is 4.29. The Bertz CT molecular complexity index is 480. The van der Waals surface area contributed by atoms with E-state index in [-0.39, 0.29) is 0 Å². The zero-order valence-electron chi connectivity index (χ0n) is 7.72. The van der Waals surface area contributed by atoms with Crippen LogP contribution in [0.2, 0.25) is 10.2 Å². The lowest BCUT2D eigenvalue weighted by Gasteiger charge is -2.04. The van der Waals surface area contributed by atoms with E-state index in [0.29, 0.717) is 5.15 Å². The maximum Gasteiger partial charge on any atom is 0.132 e. The number of aromatic nitrogens is 1. The van der Waals surface area contributed by atoms with Crippen molar-refractivity contribution in [3.05, 3.63) is 40.0 Å². The van der Waals surface area contributed by atoms with Crippen molar-refractivity contribution in [2.45, 2.75) is 13.3 Å². The number of rotatable bonds is 1. The number of fused-ring (bicyclic) bond motifs is 1. The molecule has 0 aliphatic heterocycles. The van der Waals surface area contributed by atoms with Gasteiger partial charge in [0, 0.05) is 10.4 Å². The largest absolute Gasteiger partial charge is 0.236 e. The predicted octanol–water partition coefficient (Wildman–Crippen LogP) is 4.10. The van der Waals surface area contributed by atoms with Gasteiger partial charge in [0.2, 0.25) is 0 Å². The van der Waals surface area contributed by atoms with E-state index in [4.69, 9.17) is 23.2 Å². The molecule has 0 radical (unpaired) electrons. The quantitative estimate of drug-likeness (QED) is 0.667. The van der Waals surface area contributed by atoms with Crippen molar-refractivity contribution in [1.82, 2.24) is 4.98 Å². The first-order chi connectivity index (χ1) is 6.72. The molecule has 1 nitrogen and oxygen atoms in total. The topological polar surface area (TPSA) is 12.9 Å². The van der Waals surface area contributed by atoms with Crippen molar-refractivity contribution < 1.29 is 0 Å². The first kappa shape index (κ1) is 9.75. The van der Waals surface area contributed by atoms with E-state index in [1.165, 1.54) is 0 Å². The third-order valence-electron chi connectivity index (χ3n) is 2.21. The average molecular weight is 226 g/mol. The fourth-order valence-electron chi connectivity index (χ4n) is 1.43. The monoisotopic (exact) mass is 225 g/mol. The number of benzene rings is 1. The van der Waals surface area contributed by atoms with Crippen molar-refractivity contribution in [2.24, 2.45) is 0 Å². The molecule has 1 aromatic carbocycles. The Hall–Kier alpha value is -0.790. The highest BCUT2D eigenvalue weighted by molar-refractivity contribution is 6.36. The highest BCUT2D eigenvalue weighted by Gasteiger charge is 2.05. The predicted molar refractivity (Wildman–Crippen MR) is 61.1 cm³/mol. The standard InChI is InChI=1S/C11H9Cl2N/c1-2-7-6-8-9(12)4-3-5-10(8)14-11(7)13/h3-6H,2H2,1H3. The molecule has 0 saturated heterocycles. The Labute approximate surface area is 92.7 Å². The van der Waals surface area contributed by atoms with Gasteiger partial charge in [-0.3, -0.25) is 0 Å². The summed E-state index contributed by atoms with van der Waals surface area (Å²) in [6.07, 6.45) is 0.868. The summed E-state index contributed by atoms with van der Waals surface area (Å²) < 4.78 is 0. The molecule has 0 spiro atoms. The van der Waals surface area contributed by atoms with Gasteiger partial charge in [-0.05, 0) is 30.2 Å². The van der Waals surface area contributed by atoms with E-state index in [2.05, 4.69) is 4.98 Å². The first-order valence-electron chi connectivity index (χ1n) is 4.46. The molecule has 0 N–H and O–H groups in total. The molecule has 0 unspecified atom stereocenters.